The molecule has 0 fully saturated rings. The average Bonchev–Trinajstić information content (AvgIpc) is 3.26. The zero-order valence-corrected chi connectivity index (χ0v) is 15.7. The second kappa shape index (κ2) is 7.32. The van der Waals surface area contributed by atoms with Gasteiger partial charge in [-0.3, -0.25) is 19.0 Å². The number of amides is 1. The van der Waals surface area contributed by atoms with Crippen LogP contribution in [-0.2, 0) is 17.9 Å². The number of pyridine rings is 1. The molecule has 4 aromatic rings. The fourth-order valence-corrected chi connectivity index (χ4v) is 3.95. The summed E-state index contributed by atoms with van der Waals surface area (Å²) in [5.74, 6) is 0.701. The molecule has 8 heteroatoms. The first-order valence-corrected chi connectivity index (χ1v) is 9.64. The van der Waals surface area contributed by atoms with Crippen LogP contribution in [0.2, 0.25) is 0 Å². The van der Waals surface area contributed by atoms with E-state index < -0.39 is 0 Å². The number of rotatable bonds is 6. The van der Waals surface area contributed by atoms with Crippen molar-refractivity contribution in [3.8, 4) is 0 Å². The van der Waals surface area contributed by atoms with Crippen molar-refractivity contribution < 1.29 is 4.79 Å². The smallest absolute Gasteiger partial charge is 0.291 e. The van der Waals surface area contributed by atoms with Crippen LogP contribution in [0.5, 0.6) is 0 Å². The Kier molecular flexibility index (Phi) is 4.72. The van der Waals surface area contributed by atoms with Crippen LogP contribution >= 0.6 is 11.3 Å². The molecule has 138 valence electrons. The van der Waals surface area contributed by atoms with Crippen LogP contribution in [0.4, 0.5) is 0 Å². The summed E-state index contributed by atoms with van der Waals surface area (Å²) in [6.45, 7) is 2.70. The maximum atomic E-state index is 12.7. The van der Waals surface area contributed by atoms with E-state index in [0.29, 0.717) is 31.4 Å². The van der Waals surface area contributed by atoms with Gasteiger partial charge in [0.15, 0.2) is 0 Å². The molecule has 1 amide bonds. The lowest BCUT2D eigenvalue weighted by Gasteiger charge is -2.09. The summed E-state index contributed by atoms with van der Waals surface area (Å²) < 4.78 is 4.42. The molecule has 0 spiro atoms. The molecule has 0 unspecified atom stereocenters. The first-order valence-electron chi connectivity index (χ1n) is 8.76. The SMILES string of the molecule is Cc1nn(CCCC(=O)NCc2ccccn2)c(=O)c2cc3sccc3n12. The molecule has 4 rings (SSSR count). The van der Waals surface area contributed by atoms with Gasteiger partial charge in [-0.05, 0) is 43.0 Å². The van der Waals surface area contributed by atoms with Crippen molar-refractivity contribution in [2.45, 2.75) is 32.9 Å². The number of hydrogen-bond donors (Lipinski definition) is 1. The Balaban J connectivity index is 1.41. The van der Waals surface area contributed by atoms with E-state index in [9.17, 15) is 9.59 Å². The van der Waals surface area contributed by atoms with Gasteiger partial charge < -0.3 is 5.32 Å². The van der Waals surface area contributed by atoms with E-state index in [-0.39, 0.29) is 11.5 Å². The van der Waals surface area contributed by atoms with Gasteiger partial charge in [0.05, 0.1) is 22.5 Å². The summed E-state index contributed by atoms with van der Waals surface area (Å²) in [7, 11) is 0. The number of nitrogens with zero attached hydrogens (tertiary/aromatic N) is 4. The number of carbonyl (C=O) groups excluding carboxylic acids is 1. The van der Waals surface area contributed by atoms with Gasteiger partial charge in [-0.1, -0.05) is 6.07 Å². The van der Waals surface area contributed by atoms with Crippen molar-refractivity contribution in [2.24, 2.45) is 0 Å². The van der Waals surface area contributed by atoms with E-state index in [1.165, 1.54) is 4.68 Å². The number of hydrogen-bond acceptors (Lipinski definition) is 5. The highest BCUT2D eigenvalue weighted by molar-refractivity contribution is 7.17. The van der Waals surface area contributed by atoms with Gasteiger partial charge in [-0.25, -0.2) is 4.68 Å². The third-order valence-electron chi connectivity index (χ3n) is 4.43. The highest BCUT2D eigenvalue weighted by Crippen LogP contribution is 2.24. The quantitative estimate of drug-likeness (QED) is 0.556. The summed E-state index contributed by atoms with van der Waals surface area (Å²) in [6, 6.07) is 9.49. The summed E-state index contributed by atoms with van der Waals surface area (Å²) in [6.07, 6.45) is 2.58. The van der Waals surface area contributed by atoms with Gasteiger partial charge in [0, 0.05) is 19.2 Å². The number of fused-ring (bicyclic) bond motifs is 3. The molecule has 7 nitrogen and oxygen atoms in total. The molecule has 27 heavy (non-hydrogen) atoms. The summed E-state index contributed by atoms with van der Waals surface area (Å²) in [4.78, 5) is 28.9. The van der Waals surface area contributed by atoms with Gasteiger partial charge in [0.25, 0.3) is 5.56 Å². The molecule has 4 aromatic heterocycles. The van der Waals surface area contributed by atoms with Gasteiger partial charge in [-0.15, -0.1) is 11.3 Å². The highest BCUT2D eigenvalue weighted by Gasteiger charge is 2.13. The van der Waals surface area contributed by atoms with Gasteiger partial charge in [0.2, 0.25) is 5.91 Å². The topological polar surface area (TPSA) is 81.3 Å². The molecule has 0 aliphatic heterocycles. The van der Waals surface area contributed by atoms with E-state index in [0.717, 1.165) is 21.7 Å². The molecule has 1 N–H and O–H groups in total. The number of nitrogens with one attached hydrogen (secondary N) is 1. The highest BCUT2D eigenvalue weighted by atomic mass is 32.1. The molecule has 0 aliphatic carbocycles. The van der Waals surface area contributed by atoms with Gasteiger partial charge in [0.1, 0.15) is 11.3 Å². The lowest BCUT2D eigenvalue weighted by atomic mass is 10.3. The monoisotopic (exact) mass is 381 g/mol. The van der Waals surface area contributed by atoms with Crippen molar-refractivity contribution >= 4 is 33.0 Å². The van der Waals surface area contributed by atoms with Crippen molar-refractivity contribution in [2.75, 3.05) is 0 Å². The molecular formula is C19H19N5O2S. The lowest BCUT2D eigenvalue weighted by molar-refractivity contribution is -0.121. The largest absolute Gasteiger partial charge is 0.350 e. The van der Waals surface area contributed by atoms with E-state index in [1.807, 2.05) is 47.0 Å². The van der Waals surface area contributed by atoms with E-state index >= 15 is 0 Å². The van der Waals surface area contributed by atoms with Crippen LogP contribution in [0.25, 0.3) is 15.7 Å². The lowest BCUT2D eigenvalue weighted by Crippen LogP contribution is -2.28. The van der Waals surface area contributed by atoms with Crippen LogP contribution in [-0.4, -0.2) is 25.1 Å². The Morgan fingerprint density at radius 3 is 2.96 bits per heavy atom. The minimum absolute atomic E-state index is 0.0605. The Morgan fingerprint density at radius 1 is 1.26 bits per heavy atom. The van der Waals surface area contributed by atoms with E-state index in [1.54, 1.807) is 17.5 Å². The van der Waals surface area contributed by atoms with Crippen molar-refractivity contribution in [3.63, 3.8) is 0 Å². The Labute approximate surface area is 159 Å². The Hall–Kier alpha value is -3.00. The fraction of sp³-hybridized carbons (Fsp3) is 0.263. The second-order valence-corrected chi connectivity index (χ2v) is 7.26. The first kappa shape index (κ1) is 17.4. The first-order chi connectivity index (χ1) is 13.1. The number of aryl methyl sites for hydroxylation is 2. The van der Waals surface area contributed by atoms with Crippen LogP contribution in [0.3, 0.4) is 0 Å². The zero-order chi connectivity index (χ0) is 18.8. The predicted octanol–water partition coefficient (Wildman–Crippen LogP) is 2.51. The average molecular weight is 381 g/mol. The fourth-order valence-electron chi connectivity index (χ4n) is 3.15. The number of aromatic nitrogens is 4. The van der Waals surface area contributed by atoms with E-state index in [2.05, 4.69) is 15.4 Å². The molecular weight excluding hydrogens is 362 g/mol. The second-order valence-electron chi connectivity index (χ2n) is 6.31. The molecule has 0 aliphatic rings. The molecule has 0 saturated carbocycles. The van der Waals surface area contributed by atoms with Crippen LogP contribution in [0, 0.1) is 6.92 Å². The summed E-state index contributed by atoms with van der Waals surface area (Å²) in [5.41, 5.74) is 2.33. The maximum absolute atomic E-state index is 12.7. The van der Waals surface area contributed by atoms with Crippen LogP contribution in [0.15, 0.2) is 46.7 Å². The van der Waals surface area contributed by atoms with Crippen LogP contribution in [0.1, 0.15) is 24.4 Å². The van der Waals surface area contributed by atoms with Crippen molar-refractivity contribution in [1.82, 2.24) is 24.5 Å². The Bertz CT molecular complexity index is 1160. The summed E-state index contributed by atoms with van der Waals surface area (Å²) >= 11 is 1.61. The molecule has 0 bridgehead atoms. The minimum Gasteiger partial charge on any atom is -0.350 e. The minimum atomic E-state index is -0.127. The van der Waals surface area contributed by atoms with Gasteiger partial charge in [-0.2, -0.15) is 5.10 Å². The van der Waals surface area contributed by atoms with Crippen molar-refractivity contribution in [3.05, 3.63) is 63.8 Å². The third kappa shape index (κ3) is 3.48. The van der Waals surface area contributed by atoms with Crippen LogP contribution < -0.4 is 10.9 Å². The standard InChI is InChI=1S/C19H19N5O2S/c1-13-22-23(19(26)16-11-17-15(24(13)16)7-10-27-17)9-4-6-18(25)21-12-14-5-2-3-8-20-14/h2-3,5,7-8,10-11H,4,6,9,12H2,1H3,(H,21,25). The summed E-state index contributed by atoms with van der Waals surface area (Å²) in [5, 5.41) is 9.27. The van der Waals surface area contributed by atoms with E-state index in [4.69, 9.17) is 0 Å². The number of thiophene rings is 1. The molecule has 0 atom stereocenters. The predicted molar refractivity (Wildman–Crippen MR) is 105 cm³/mol. The van der Waals surface area contributed by atoms with Gasteiger partial charge >= 0.3 is 0 Å². The third-order valence-corrected chi connectivity index (χ3v) is 5.29. The molecule has 0 aromatic carbocycles. The molecule has 0 radical (unpaired) electrons. The maximum Gasteiger partial charge on any atom is 0.291 e. The molecule has 4 heterocycles. The Morgan fingerprint density at radius 2 is 2.15 bits per heavy atom. The van der Waals surface area contributed by atoms with Crippen molar-refractivity contribution in [1.29, 1.82) is 0 Å². The normalized spacial score (nSPS) is 11.3. The zero-order valence-electron chi connectivity index (χ0n) is 14.9. The number of carbonyl (C=O) groups is 1. The molecule has 0 saturated heterocycles.